The zero-order valence-corrected chi connectivity index (χ0v) is 23.6. The number of amides is 2. The molecular formula is C30H32FN7O2S. The van der Waals surface area contributed by atoms with E-state index in [1.54, 1.807) is 18.6 Å². The maximum Gasteiger partial charge on any atom is 0.255 e. The number of aromatic nitrogens is 2. The summed E-state index contributed by atoms with van der Waals surface area (Å²) in [5.41, 5.74) is 4.71. The van der Waals surface area contributed by atoms with Crippen molar-refractivity contribution in [1.29, 1.82) is 0 Å². The quantitative estimate of drug-likeness (QED) is 0.417. The summed E-state index contributed by atoms with van der Waals surface area (Å²) in [5.74, 6) is -1.17. The fourth-order valence-corrected chi connectivity index (χ4v) is 6.96. The lowest BCUT2D eigenvalue weighted by Gasteiger charge is -2.31. The lowest BCUT2D eigenvalue weighted by molar-refractivity contribution is -0.127. The number of carbonyl (C=O) groups is 2. The van der Waals surface area contributed by atoms with Gasteiger partial charge in [0.05, 0.1) is 18.6 Å². The van der Waals surface area contributed by atoms with Gasteiger partial charge in [-0.25, -0.2) is 9.37 Å². The number of imidazole rings is 1. The molecule has 0 spiro atoms. The highest BCUT2D eigenvalue weighted by Crippen LogP contribution is 2.38. The Hall–Kier alpha value is -3.83. The standard InChI is InChI=1S/C30H32FN7O2S/c1-30(34-10-14-41-30)35-28(39)27(26-25-3-2-11-37(25)18-33-26)38-17-23-22(29(38)40)15-20(16-24(23)31)19-4-6-21(7-5-19)36-12-8-32-9-13-36/h4-7,10,14-16,18,27,32,34H,2-3,8-9,11-13,17H2,1H3,(H,35,39). The van der Waals surface area contributed by atoms with Crippen LogP contribution in [0.15, 0.2) is 54.3 Å². The zero-order chi connectivity index (χ0) is 28.1. The Morgan fingerprint density at radius 2 is 1.95 bits per heavy atom. The van der Waals surface area contributed by atoms with Gasteiger partial charge in [0.1, 0.15) is 5.82 Å². The maximum atomic E-state index is 15.6. The van der Waals surface area contributed by atoms with Gasteiger partial charge in [0.2, 0.25) is 0 Å². The molecule has 3 N–H and O–H groups in total. The average Bonchev–Trinajstić information content (AvgIpc) is 3.77. The topological polar surface area (TPSA) is 94.5 Å². The highest BCUT2D eigenvalue weighted by Gasteiger charge is 2.43. The predicted octanol–water partition coefficient (Wildman–Crippen LogP) is 3.34. The van der Waals surface area contributed by atoms with Crippen molar-refractivity contribution in [2.75, 3.05) is 31.1 Å². The fourth-order valence-electron chi connectivity index (χ4n) is 6.26. The van der Waals surface area contributed by atoms with Crippen LogP contribution < -0.4 is 20.9 Å². The van der Waals surface area contributed by atoms with Crippen molar-refractivity contribution < 1.29 is 14.0 Å². The van der Waals surface area contributed by atoms with Crippen molar-refractivity contribution in [1.82, 2.24) is 30.4 Å². The Balaban J connectivity index is 1.20. The zero-order valence-electron chi connectivity index (χ0n) is 22.8. The second kappa shape index (κ2) is 10.2. The van der Waals surface area contributed by atoms with Crippen LogP contribution in [-0.2, 0) is 24.3 Å². The number of anilines is 1. The Bertz CT molecular complexity index is 1540. The molecule has 4 aliphatic rings. The molecule has 212 valence electrons. The summed E-state index contributed by atoms with van der Waals surface area (Å²) < 4.78 is 17.7. The molecule has 1 saturated heterocycles. The van der Waals surface area contributed by atoms with E-state index in [9.17, 15) is 9.59 Å². The van der Waals surface area contributed by atoms with Gasteiger partial charge >= 0.3 is 0 Å². The Labute approximate surface area is 242 Å². The van der Waals surface area contributed by atoms with E-state index < -0.39 is 16.9 Å². The van der Waals surface area contributed by atoms with Gasteiger partial charge in [0, 0.05) is 61.4 Å². The van der Waals surface area contributed by atoms with Crippen molar-refractivity contribution in [3.05, 3.63) is 82.7 Å². The third kappa shape index (κ3) is 4.66. The molecule has 7 rings (SSSR count). The lowest BCUT2D eigenvalue weighted by Crippen LogP contribution is -2.54. The molecular weight excluding hydrogens is 541 g/mol. The number of hydrogen-bond acceptors (Lipinski definition) is 7. The minimum absolute atomic E-state index is 0.00212. The molecule has 1 aromatic heterocycles. The number of benzene rings is 2. The number of rotatable bonds is 6. The summed E-state index contributed by atoms with van der Waals surface area (Å²) in [4.78, 5) is 35.5. The Morgan fingerprint density at radius 1 is 1.15 bits per heavy atom. The number of thioether (sulfide) groups is 1. The molecule has 2 amide bonds. The lowest BCUT2D eigenvalue weighted by atomic mass is 9.99. The van der Waals surface area contributed by atoms with E-state index in [-0.39, 0.29) is 18.4 Å². The predicted molar refractivity (Wildman–Crippen MR) is 156 cm³/mol. The van der Waals surface area contributed by atoms with Gasteiger partial charge in [-0.15, -0.1) is 0 Å². The van der Waals surface area contributed by atoms with Crippen molar-refractivity contribution in [3.8, 4) is 11.1 Å². The summed E-state index contributed by atoms with van der Waals surface area (Å²) in [6, 6.07) is 10.3. The van der Waals surface area contributed by atoms with Crippen LogP contribution in [0.25, 0.3) is 11.1 Å². The largest absolute Gasteiger partial charge is 0.369 e. The number of aryl methyl sites for hydroxylation is 1. The molecule has 2 aromatic carbocycles. The first-order chi connectivity index (χ1) is 19.9. The normalized spacial score (nSPS) is 22.0. The van der Waals surface area contributed by atoms with E-state index in [0.717, 1.165) is 62.5 Å². The fraction of sp³-hybridized carbons (Fsp3) is 0.367. The second-order valence-electron chi connectivity index (χ2n) is 11.1. The minimum atomic E-state index is -0.981. The van der Waals surface area contributed by atoms with E-state index in [0.29, 0.717) is 22.4 Å². The SMILES string of the molecule is CC1(NC(=O)C(c2ncn3c2CCC3)N2Cc3c(F)cc(-c4ccc(N5CCNCC5)cc4)cc3C2=O)NC=CS1. The van der Waals surface area contributed by atoms with Gasteiger partial charge in [0.15, 0.2) is 11.0 Å². The molecule has 2 unspecified atom stereocenters. The van der Waals surface area contributed by atoms with Crippen LogP contribution in [0.3, 0.4) is 0 Å². The van der Waals surface area contributed by atoms with Crippen LogP contribution in [0.4, 0.5) is 10.1 Å². The maximum absolute atomic E-state index is 15.6. The highest BCUT2D eigenvalue weighted by molar-refractivity contribution is 8.03. The molecule has 9 nitrogen and oxygen atoms in total. The first-order valence-corrected chi connectivity index (χ1v) is 14.9. The van der Waals surface area contributed by atoms with Crippen LogP contribution in [0.2, 0.25) is 0 Å². The third-order valence-electron chi connectivity index (χ3n) is 8.40. The van der Waals surface area contributed by atoms with Crippen LogP contribution in [0.1, 0.15) is 46.7 Å². The first-order valence-electron chi connectivity index (χ1n) is 14.1. The van der Waals surface area contributed by atoms with Crippen molar-refractivity contribution in [2.24, 2.45) is 0 Å². The summed E-state index contributed by atoms with van der Waals surface area (Å²) in [6.45, 7) is 6.47. The number of nitrogens with one attached hydrogen (secondary N) is 3. The van der Waals surface area contributed by atoms with E-state index in [2.05, 4.69) is 25.8 Å². The van der Waals surface area contributed by atoms with E-state index in [1.165, 1.54) is 22.7 Å². The van der Waals surface area contributed by atoms with Gasteiger partial charge in [0.25, 0.3) is 11.8 Å². The van der Waals surface area contributed by atoms with Gasteiger partial charge in [-0.1, -0.05) is 23.9 Å². The Kier molecular flexibility index (Phi) is 6.50. The summed E-state index contributed by atoms with van der Waals surface area (Å²) in [5, 5.41) is 11.4. The van der Waals surface area contributed by atoms with Crippen LogP contribution in [0.5, 0.6) is 0 Å². The average molecular weight is 574 g/mol. The molecule has 4 aliphatic heterocycles. The molecule has 3 aromatic rings. The number of halogens is 1. The van der Waals surface area contributed by atoms with E-state index in [4.69, 9.17) is 0 Å². The third-order valence-corrected chi connectivity index (χ3v) is 9.36. The molecule has 0 saturated carbocycles. The molecule has 0 bridgehead atoms. The minimum Gasteiger partial charge on any atom is -0.369 e. The molecule has 0 radical (unpaired) electrons. The van der Waals surface area contributed by atoms with Crippen molar-refractivity contribution >= 4 is 29.3 Å². The van der Waals surface area contributed by atoms with E-state index in [1.807, 2.05) is 41.2 Å². The smallest absolute Gasteiger partial charge is 0.255 e. The molecule has 5 heterocycles. The molecule has 0 aliphatic carbocycles. The van der Waals surface area contributed by atoms with Crippen molar-refractivity contribution in [3.63, 3.8) is 0 Å². The number of carbonyl (C=O) groups excluding carboxylic acids is 2. The van der Waals surface area contributed by atoms with Gasteiger partial charge in [-0.05, 0) is 60.6 Å². The van der Waals surface area contributed by atoms with E-state index >= 15 is 4.39 Å². The number of nitrogens with zero attached hydrogens (tertiary/aromatic N) is 4. The molecule has 41 heavy (non-hydrogen) atoms. The molecule has 11 heteroatoms. The highest BCUT2D eigenvalue weighted by atomic mass is 32.2. The first kappa shape index (κ1) is 26.1. The monoisotopic (exact) mass is 573 g/mol. The second-order valence-corrected chi connectivity index (χ2v) is 12.4. The summed E-state index contributed by atoms with van der Waals surface area (Å²) in [7, 11) is 0. The number of fused-ring (bicyclic) bond motifs is 2. The van der Waals surface area contributed by atoms with Gasteiger partial charge in [-0.2, -0.15) is 0 Å². The van der Waals surface area contributed by atoms with Crippen LogP contribution >= 0.6 is 11.8 Å². The molecule has 2 atom stereocenters. The Morgan fingerprint density at radius 3 is 2.71 bits per heavy atom. The van der Waals surface area contributed by atoms with Crippen LogP contribution in [-0.4, -0.2) is 57.4 Å². The van der Waals surface area contributed by atoms with Gasteiger partial charge < -0.3 is 30.3 Å². The summed E-state index contributed by atoms with van der Waals surface area (Å²) >= 11 is 1.44. The van der Waals surface area contributed by atoms with Gasteiger partial charge in [-0.3, -0.25) is 9.59 Å². The summed E-state index contributed by atoms with van der Waals surface area (Å²) in [6.07, 6.45) is 5.25. The van der Waals surface area contributed by atoms with Crippen LogP contribution in [0, 0.1) is 5.82 Å². The number of piperazine rings is 1. The number of hydrogen-bond donors (Lipinski definition) is 3. The van der Waals surface area contributed by atoms with Crippen molar-refractivity contribution in [2.45, 2.75) is 43.9 Å². The molecule has 1 fully saturated rings.